The van der Waals surface area contributed by atoms with Gasteiger partial charge in [0.15, 0.2) is 0 Å². The van der Waals surface area contributed by atoms with Gasteiger partial charge in [0.1, 0.15) is 0 Å². The fourth-order valence-electron chi connectivity index (χ4n) is 3.42. The minimum Gasteiger partial charge on any atom is -0.384 e. The number of halogens is 3. The zero-order valence-corrected chi connectivity index (χ0v) is 14.6. The van der Waals surface area contributed by atoms with Gasteiger partial charge in [-0.05, 0) is 43.2 Å². The van der Waals surface area contributed by atoms with Crippen molar-refractivity contribution >= 4 is 5.69 Å². The molecule has 0 unspecified atom stereocenters. The summed E-state index contributed by atoms with van der Waals surface area (Å²) in [5.41, 5.74) is -0.751. The topological polar surface area (TPSA) is 35.5 Å². The molecule has 2 atom stereocenters. The van der Waals surface area contributed by atoms with Gasteiger partial charge in [0.2, 0.25) is 0 Å². The van der Waals surface area contributed by atoms with Gasteiger partial charge >= 0.3 is 6.18 Å². The number of alkyl halides is 3. The lowest BCUT2D eigenvalue weighted by atomic mass is 9.93. The lowest BCUT2D eigenvalue weighted by molar-refractivity contribution is -0.137. The van der Waals surface area contributed by atoms with Crippen LogP contribution in [-0.2, 0) is 11.8 Å². The highest BCUT2D eigenvalue weighted by molar-refractivity contribution is 5.43. The molecule has 1 fully saturated rings. The third-order valence-electron chi connectivity index (χ3n) is 4.76. The predicted octanol–water partition coefficient (Wildman–Crippen LogP) is 4.10. The standard InChI is InChI=1S/C20H23F3N2O/c1-19(26,15-6-5-7-16(12-15)20(21,22)23)14-25-11-10-18(13-25)24-17-8-3-2-4-9-17/h2-9,12,18,24,26H,10-11,13-14H2,1H3/t18-,19+/m1/s1. The van der Waals surface area contributed by atoms with E-state index in [-0.39, 0.29) is 11.6 Å². The maximum Gasteiger partial charge on any atom is 0.416 e. The molecule has 140 valence electrons. The first-order valence-corrected chi connectivity index (χ1v) is 8.68. The van der Waals surface area contributed by atoms with Crippen LogP contribution in [0, 0.1) is 0 Å². The summed E-state index contributed by atoms with van der Waals surface area (Å²) in [6.45, 7) is 3.39. The Labute approximate surface area is 151 Å². The number of hydrogen-bond donors (Lipinski definition) is 2. The van der Waals surface area contributed by atoms with E-state index in [1.54, 1.807) is 13.0 Å². The molecule has 0 bridgehead atoms. The van der Waals surface area contributed by atoms with Crippen molar-refractivity contribution in [3.8, 4) is 0 Å². The number of anilines is 1. The molecule has 1 aliphatic rings. The molecule has 6 heteroatoms. The van der Waals surface area contributed by atoms with Crippen molar-refractivity contribution in [3.63, 3.8) is 0 Å². The van der Waals surface area contributed by atoms with Crippen LogP contribution < -0.4 is 5.32 Å². The van der Waals surface area contributed by atoms with Crippen LogP contribution in [0.15, 0.2) is 54.6 Å². The normalized spacial score (nSPS) is 20.7. The van der Waals surface area contributed by atoms with Crippen molar-refractivity contribution in [2.45, 2.75) is 31.2 Å². The van der Waals surface area contributed by atoms with Crippen molar-refractivity contribution in [1.29, 1.82) is 0 Å². The summed E-state index contributed by atoms with van der Waals surface area (Å²) in [6.07, 6.45) is -3.49. The van der Waals surface area contributed by atoms with Crippen molar-refractivity contribution in [3.05, 3.63) is 65.7 Å². The summed E-state index contributed by atoms with van der Waals surface area (Å²) in [4.78, 5) is 2.08. The summed E-state index contributed by atoms with van der Waals surface area (Å²) in [5.74, 6) is 0. The van der Waals surface area contributed by atoms with Crippen LogP contribution in [0.1, 0.15) is 24.5 Å². The number of hydrogen-bond acceptors (Lipinski definition) is 3. The van der Waals surface area contributed by atoms with Crippen molar-refractivity contribution < 1.29 is 18.3 Å². The first-order valence-electron chi connectivity index (χ1n) is 8.68. The molecule has 1 heterocycles. The molecular formula is C20H23F3N2O. The van der Waals surface area contributed by atoms with Gasteiger partial charge in [-0.15, -0.1) is 0 Å². The molecule has 0 saturated carbocycles. The Morgan fingerprint density at radius 3 is 2.46 bits per heavy atom. The lowest BCUT2D eigenvalue weighted by Crippen LogP contribution is -2.39. The largest absolute Gasteiger partial charge is 0.416 e. The number of β-amino-alcohol motifs (C(OH)–C–C–N with tert-alkyl or cyclic N) is 1. The van der Waals surface area contributed by atoms with Crippen LogP contribution in [0.2, 0.25) is 0 Å². The SMILES string of the molecule is C[C@](O)(CN1CC[C@@H](Nc2ccccc2)C1)c1cccc(C(F)(F)F)c1. The molecule has 0 aliphatic carbocycles. The van der Waals surface area contributed by atoms with Crippen LogP contribution in [0.5, 0.6) is 0 Å². The molecule has 2 aromatic carbocycles. The second kappa shape index (κ2) is 7.29. The molecule has 26 heavy (non-hydrogen) atoms. The van der Waals surface area contributed by atoms with Gasteiger partial charge in [-0.1, -0.05) is 30.3 Å². The van der Waals surface area contributed by atoms with E-state index in [0.717, 1.165) is 37.3 Å². The van der Waals surface area contributed by atoms with Gasteiger partial charge < -0.3 is 10.4 Å². The summed E-state index contributed by atoms with van der Waals surface area (Å²) in [5, 5.41) is 14.2. The van der Waals surface area contributed by atoms with Crippen LogP contribution in [0.4, 0.5) is 18.9 Å². The molecule has 2 aromatic rings. The van der Waals surface area contributed by atoms with Gasteiger partial charge in [-0.25, -0.2) is 0 Å². The number of para-hydroxylation sites is 1. The Morgan fingerprint density at radius 1 is 1.08 bits per heavy atom. The van der Waals surface area contributed by atoms with Crippen molar-refractivity contribution in [2.24, 2.45) is 0 Å². The Hall–Kier alpha value is -2.05. The summed E-state index contributed by atoms with van der Waals surface area (Å²) < 4.78 is 38.8. The van der Waals surface area contributed by atoms with E-state index in [4.69, 9.17) is 0 Å². The van der Waals surface area contributed by atoms with Gasteiger partial charge in [-0.3, -0.25) is 4.90 Å². The number of benzene rings is 2. The number of nitrogens with zero attached hydrogens (tertiary/aromatic N) is 1. The van der Waals surface area contributed by atoms with E-state index in [1.807, 2.05) is 30.3 Å². The van der Waals surface area contributed by atoms with E-state index < -0.39 is 17.3 Å². The van der Waals surface area contributed by atoms with Crippen molar-refractivity contribution in [1.82, 2.24) is 4.90 Å². The minimum absolute atomic E-state index is 0.259. The summed E-state index contributed by atoms with van der Waals surface area (Å²) in [7, 11) is 0. The van der Waals surface area contributed by atoms with Gasteiger partial charge in [0.25, 0.3) is 0 Å². The second-order valence-corrected chi connectivity index (χ2v) is 7.08. The first kappa shape index (κ1) is 18.7. The molecule has 1 aliphatic heterocycles. The van der Waals surface area contributed by atoms with Crippen molar-refractivity contribution in [2.75, 3.05) is 25.0 Å². The molecule has 2 N–H and O–H groups in total. The van der Waals surface area contributed by atoms with Gasteiger partial charge in [0.05, 0.1) is 11.2 Å². The van der Waals surface area contributed by atoms with Gasteiger partial charge in [-0.2, -0.15) is 13.2 Å². The fourth-order valence-corrected chi connectivity index (χ4v) is 3.42. The zero-order chi connectivity index (χ0) is 18.8. The predicted molar refractivity (Wildman–Crippen MR) is 95.9 cm³/mol. The number of rotatable bonds is 5. The summed E-state index contributed by atoms with van der Waals surface area (Å²) in [6, 6.07) is 15.1. The Morgan fingerprint density at radius 2 is 1.77 bits per heavy atom. The highest BCUT2D eigenvalue weighted by atomic mass is 19.4. The molecule has 1 saturated heterocycles. The molecule has 0 amide bonds. The summed E-state index contributed by atoms with van der Waals surface area (Å²) >= 11 is 0. The van der Waals surface area contributed by atoms with E-state index in [0.29, 0.717) is 6.54 Å². The molecular weight excluding hydrogens is 341 g/mol. The maximum atomic E-state index is 12.9. The number of aliphatic hydroxyl groups is 1. The molecule has 3 nitrogen and oxygen atoms in total. The third kappa shape index (κ3) is 4.56. The average Bonchev–Trinajstić information content (AvgIpc) is 3.01. The van der Waals surface area contributed by atoms with Crippen LogP contribution >= 0.6 is 0 Å². The molecule has 0 radical (unpaired) electrons. The monoisotopic (exact) mass is 364 g/mol. The van der Waals surface area contributed by atoms with Gasteiger partial charge in [0, 0.05) is 31.4 Å². The van der Waals surface area contributed by atoms with E-state index in [2.05, 4.69) is 10.2 Å². The first-order chi connectivity index (χ1) is 12.2. The average molecular weight is 364 g/mol. The zero-order valence-electron chi connectivity index (χ0n) is 14.6. The molecule has 3 rings (SSSR count). The fraction of sp³-hybridized carbons (Fsp3) is 0.400. The minimum atomic E-state index is -4.41. The number of likely N-dealkylation sites (tertiary alicyclic amines) is 1. The van der Waals surface area contributed by atoms with E-state index >= 15 is 0 Å². The van der Waals surface area contributed by atoms with E-state index in [1.165, 1.54) is 6.07 Å². The lowest BCUT2D eigenvalue weighted by Gasteiger charge is -2.30. The molecule has 0 spiro atoms. The highest BCUT2D eigenvalue weighted by Gasteiger charge is 2.34. The number of nitrogens with one attached hydrogen (secondary N) is 1. The highest BCUT2D eigenvalue weighted by Crippen LogP contribution is 2.32. The smallest absolute Gasteiger partial charge is 0.384 e. The molecule has 0 aromatic heterocycles. The second-order valence-electron chi connectivity index (χ2n) is 7.08. The van der Waals surface area contributed by atoms with Crippen LogP contribution in [-0.4, -0.2) is 35.7 Å². The van der Waals surface area contributed by atoms with Crippen LogP contribution in [0.25, 0.3) is 0 Å². The Bertz CT molecular complexity index is 731. The van der Waals surface area contributed by atoms with E-state index in [9.17, 15) is 18.3 Å². The Balaban J connectivity index is 1.63. The quantitative estimate of drug-likeness (QED) is 0.839. The maximum absolute atomic E-state index is 12.9. The van der Waals surface area contributed by atoms with Crippen LogP contribution in [0.3, 0.4) is 0 Å². The third-order valence-corrected chi connectivity index (χ3v) is 4.76. The Kier molecular flexibility index (Phi) is 5.25.